The molecule has 2 aromatic carbocycles. The molecule has 0 spiro atoms. The zero-order chi connectivity index (χ0) is 19.5. The number of carbonyl (C=O) groups excluding carboxylic acids is 2. The molecule has 0 bridgehead atoms. The van der Waals surface area contributed by atoms with Gasteiger partial charge < -0.3 is 0 Å². The van der Waals surface area contributed by atoms with Crippen LogP contribution < -0.4 is 5.32 Å². The summed E-state index contributed by atoms with van der Waals surface area (Å²) >= 11 is 0. The Hall–Kier alpha value is -3.64. The van der Waals surface area contributed by atoms with Gasteiger partial charge in [0.1, 0.15) is 0 Å². The van der Waals surface area contributed by atoms with Gasteiger partial charge in [-0.25, -0.2) is 0 Å². The molecule has 2 amide bonds. The summed E-state index contributed by atoms with van der Waals surface area (Å²) in [4.78, 5) is 29.0. The van der Waals surface area contributed by atoms with Crippen molar-refractivity contribution in [1.82, 2.24) is 10.2 Å². The van der Waals surface area contributed by atoms with E-state index in [2.05, 4.69) is 15.3 Å². The first-order valence-electron chi connectivity index (χ1n) is 8.46. The molecule has 0 aliphatic heterocycles. The molecule has 0 radical (unpaired) electrons. The van der Waals surface area contributed by atoms with Crippen LogP contribution in [0.1, 0.15) is 33.6 Å². The van der Waals surface area contributed by atoms with Crippen LogP contribution in [0.3, 0.4) is 0 Å². The number of nitrogens with zero attached hydrogens (tertiary/aromatic N) is 4. The van der Waals surface area contributed by atoms with Gasteiger partial charge in [-0.1, -0.05) is 41.5 Å². The Kier molecular flexibility index (Phi) is 7.56. The van der Waals surface area contributed by atoms with Gasteiger partial charge in [0, 0.05) is 29.1 Å². The molecule has 0 atom stereocenters. The number of carbonyl (C=O) groups is 2. The summed E-state index contributed by atoms with van der Waals surface area (Å²) in [7, 11) is 0. The van der Waals surface area contributed by atoms with Crippen LogP contribution in [0.4, 0.5) is 0 Å². The summed E-state index contributed by atoms with van der Waals surface area (Å²) in [5.74, 6) is -1.13. The summed E-state index contributed by atoms with van der Waals surface area (Å²) in [6, 6.07) is 17.1. The van der Waals surface area contributed by atoms with E-state index in [-0.39, 0.29) is 18.4 Å². The molecule has 27 heavy (non-hydrogen) atoms. The summed E-state index contributed by atoms with van der Waals surface area (Å²) in [5, 5.41) is 14.1. The maximum Gasteiger partial charge on any atom is 0.260 e. The number of amides is 2. The molecule has 0 saturated carbocycles. The van der Waals surface area contributed by atoms with Crippen molar-refractivity contribution < 1.29 is 9.59 Å². The van der Waals surface area contributed by atoms with Gasteiger partial charge in [0.05, 0.1) is 0 Å². The van der Waals surface area contributed by atoms with Crippen molar-refractivity contribution in [2.24, 2.45) is 5.11 Å². The lowest BCUT2D eigenvalue weighted by Crippen LogP contribution is -2.47. The molecule has 2 aromatic rings. The van der Waals surface area contributed by atoms with Gasteiger partial charge in [-0.05, 0) is 42.6 Å². The zero-order valence-corrected chi connectivity index (χ0v) is 14.7. The van der Waals surface area contributed by atoms with Gasteiger partial charge in [-0.3, -0.25) is 25.2 Å². The van der Waals surface area contributed by atoms with E-state index in [1.807, 2.05) is 0 Å². The molecule has 2 rings (SSSR count). The average Bonchev–Trinajstić information content (AvgIpc) is 2.71. The fourth-order valence-corrected chi connectivity index (χ4v) is 2.39. The van der Waals surface area contributed by atoms with Crippen molar-refractivity contribution >= 4 is 17.8 Å². The van der Waals surface area contributed by atoms with Crippen LogP contribution in [0.15, 0.2) is 65.8 Å². The van der Waals surface area contributed by atoms with E-state index in [0.29, 0.717) is 30.5 Å². The summed E-state index contributed by atoms with van der Waals surface area (Å²) in [6.07, 6.45) is 1.10. The van der Waals surface area contributed by atoms with Crippen molar-refractivity contribution in [2.45, 2.75) is 12.8 Å². The monoisotopic (exact) mass is 364 g/mol. The summed E-state index contributed by atoms with van der Waals surface area (Å²) < 4.78 is 0. The number of unbranched alkanes of at least 4 members (excludes halogenated alkanes) is 1. The molecule has 0 fully saturated rings. The first-order valence-corrected chi connectivity index (χ1v) is 8.46. The number of nitrogens with one attached hydrogen (secondary N) is 2. The van der Waals surface area contributed by atoms with Gasteiger partial charge >= 0.3 is 0 Å². The maximum atomic E-state index is 12.8. The number of hydrogen-bond acceptors (Lipinski definition) is 4. The lowest BCUT2D eigenvalue weighted by molar-refractivity contribution is 0.0837. The van der Waals surface area contributed by atoms with E-state index in [0.717, 1.165) is 0 Å². The number of benzene rings is 2. The lowest BCUT2D eigenvalue weighted by Gasteiger charge is -2.23. The molecule has 0 saturated heterocycles. The van der Waals surface area contributed by atoms with Crippen LogP contribution >= 0.6 is 0 Å². The van der Waals surface area contributed by atoms with Crippen LogP contribution in [0, 0.1) is 5.41 Å². The first-order chi connectivity index (χ1) is 13.1. The Morgan fingerprint density at radius 2 is 1.59 bits per heavy atom. The van der Waals surface area contributed by atoms with E-state index in [1.54, 1.807) is 60.7 Å². The van der Waals surface area contributed by atoms with E-state index in [1.165, 1.54) is 4.90 Å². The van der Waals surface area contributed by atoms with Crippen molar-refractivity contribution in [2.75, 3.05) is 13.1 Å². The number of azide groups is 1. The quantitative estimate of drug-likeness (QED) is 0.195. The topological polar surface area (TPSA) is 122 Å². The van der Waals surface area contributed by atoms with Crippen LogP contribution in [-0.2, 0) is 0 Å². The fourth-order valence-electron chi connectivity index (χ4n) is 2.39. The second-order valence-electron chi connectivity index (χ2n) is 5.65. The van der Waals surface area contributed by atoms with Crippen molar-refractivity contribution in [3.8, 4) is 0 Å². The first kappa shape index (κ1) is 19.7. The van der Waals surface area contributed by atoms with Gasteiger partial charge in [0.2, 0.25) is 5.96 Å². The van der Waals surface area contributed by atoms with E-state index >= 15 is 0 Å². The third kappa shape index (κ3) is 5.98. The lowest BCUT2D eigenvalue weighted by atomic mass is 10.2. The number of hydrogen-bond donors (Lipinski definition) is 2. The Morgan fingerprint density at radius 3 is 2.19 bits per heavy atom. The molecular weight excluding hydrogens is 344 g/mol. The van der Waals surface area contributed by atoms with Crippen molar-refractivity contribution in [3.05, 3.63) is 82.2 Å². The highest BCUT2D eigenvalue weighted by Gasteiger charge is 2.21. The standard InChI is InChI=1S/C19H20N6O2/c20-19(23-17(26)15-9-3-1-4-10-15)25(14-8-7-13-22-24-21)18(27)16-11-5-2-6-12-16/h1-6,9-12H,7-8,13-14H2,(H2,20,23,26). The van der Waals surface area contributed by atoms with Gasteiger partial charge in [0.15, 0.2) is 0 Å². The minimum atomic E-state index is -0.458. The highest BCUT2D eigenvalue weighted by atomic mass is 16.2. The van der Waals surface area contributed by atoms with Gasteiger partial charge in [-0.15, -0.1) is 0 Å². The van der Waals surface area contributed by atoms with E-state index in [9.17, 15) is 9.59 Å². The molecule has 138 valence electrons. The Balaban J connectivity index is 2.09. The number of guanidine groups is 1. The SMILES string of the molecule is [N-]=[N+]=NCCCCN(C(=N)NC(=O)c1ccccc1)C(=O)c1ccccc1. The predicted octanol–water partition coefficient (Wildman–Crippen LogP) is 3.58. The Bertz CT molecular complexity index is 832. The predicted molar refractivity (Wildman–Crippen MR) is 102 cm³/mol. The molecule has 0 aliphatic rings. The second-order valence-corrected chi connectivity index (χ2v) is 5.65. The summed E-state index contributed by atoms with van der Waals surface area (Å²) in [5.41, 5.74) is 9.14. The van der Waals surface area contributed by atoms with Gasteiger partial charge in [-0.2, -0.15) is 0 Å². The zero-order valence-electron chi connectivity index (χ0n) is 14.7. The fraction of sp³-hybridized carbons (Fsp3) is 0.211. The van der Waals surface area contributed by atoms with Crippen molar-refractivity contribution in [1.29, 1.82) is 5.41 Å². The van der Waals surface area contributed by atoms with Crippen LogP contribution in [0.2, 0.25) is 0 Å². The summed E-state index contributed by atoms with van der Waals surface area (Å²) in [6.45, 7) is 0.538. The number of rotatable bonds is 7. The van der Waals surface area contributed by atoms with Crippen LogP contribution in [0.25, 0.3) is 10.4 Å². The highest BCUT2D eigenvalue weighted by Crippen LogP contribution is 2.07. The Labute approximate surface area is 156 Å². The molecule has 0 aliphatic carbocycles. The average molecular weight is 364 g/mol. The Morgan fingerprint density at radius 1 is 1.00 bits per heavy atom. The van der Waals surface area contributed by atoms with E-state index in [4.69, 9.17) is 10.9 Å². The smallest absolute Gasteiger partial charge is 0.260 e. The maximum absolute atomic E-state index is 12.8. The molecule has 8 nitrogen and oxygen atoms in total. The molecule has 8 heteroatoms. The molecule has 2 N–H and O–H groups in total. The van der Waals surface area contributed by atoms with E-state index < -0.39 is 5.91 Å². The largest absolute Gasteiger partial charge is 0.292 e. The minimum absolute atomic E-state index is 0.225. The second kappa shape index (κ2) is 10.4. The molecule has 0 heterocycles. The normalized spacial score (nSPS) is 9.78. The molecule has 0 aromatic heterocycles. The minimum Gasteiger partial charge on any atom is -0.292 e. The van der Waals surface area contributed by atoms with Crippen molar-refractivity contribution in [3.63, 3.8) is 0 Å². The third-order valence-electron chi connectivity index (χ3n) is 3.76. The molecular formula is C19H20N6O2. The van der Waals surface area contributed by atoms with Crippen LogP contribution in [-0.4, -0.2) is 35.8 Å². The van der Waals surface area contributed by atoms with Gasteiger partial charge in [0.25, 0.3) is 11.8 Å². The highest BCUT2D eigenvalue weighted by molar-refractivity contribution is 6.11. The van der Waals surface area contributed by atoms with Crippen LogP contribution in [0.5, 0.6) is 0 Å². The third-order valence-corrected chi connectivity index (χ3v) is 3.76. The molecule has 0 unspecified atom stereocenters.